The third-order valence-corrected chi connectivity index (χ3v) is 5.32. The molecule has 188 valence electrons. The molecule has 0 saturated carbocycles. The molecule has 32 heavy (non-hydrogen) atoms. The number of allylic oxidation sites excluding steroid dienone is 2. The van der Waals surface area contributed by atoms with Gasteiger partial charge in [0.2, 0.25) is 0 Å². The van der Waals surface area contributed by atoms with Crippen LogP contribution < -0.4 is 0 Å². The monoisotopic (exact) mass is 478 g/mol. The molecule has 0 amide bonds. The predicted octanol–water partition coefficient (Wildman–Crippen LogP) is 5.61. The van der Waals surface area contributed by atoms with Gasteiger partial charge in [0.05, 0.1) is 6.61 Å². The van der Waals surface area contributed by atoms with Crippen LogP contribution in [0.4, 0.5) is 0 Å². The standard InChI is InChI=1S/C23H43O8P/c1-3-5-6-7-8-9-10-11-12-13-14-15-16-17-18-23(25)31-21(19-29-22(24)4-2)20-30-32(26,27)28/h10-11,21H,3-9,12-20H2,1-2H3,(H2,26,27,28)/b11-10-. The second-order valence-corrected chi connectivity index (χ2v) is 9.15. The molecule has 0 rings (SSSR count). The number of carbonyl (C=O) groups is 2. The third-order valence-electron chi connectivity index (χ3n) is 4.84. The lowest BCUT2D eigenvalue weighted by Gasteiger charge is -2.18. The zero-order valence-electron chi connectivity index (χ0n) is 19.8. The van der Waals surface area contributed by atoms with Gasteiger partial charge in [-0.1, -0.05) is 70.9 Å². The first-order valence-electron chi connectivity index (χ1n) is 12.0. The van der Waals surface area contributed by atoms with Gasteiger partial charge < -0.3 is 19.3 Å². The maximum Gasteiger partial charge on any atom is 0.469 e. The van der Waals surface area contributed by atoms with Crippen LogP contribution in [0.2, 0.25) is 0 Å². The van der Waals surface area contributed by atoms with E-state index in [1.807, 2.05) is 0 Å². The average Bonchev–Trinajstić information content (AvgIpc) is 2.74. The zero-order chi connectivity index (χ0) is 24.1. The van der Waals surface area contributed by atoms with Crippen molar-refractivity contribution in [3.63, 3.8) is 0 Å². The molecule has 0 aliphatic heterocycles. The molecular formula is C23H43O8P. The molecule has 0 heterocycles. The minimum absolute atomic E-state index is 0.148. The molecule has 0 fully saturated rings. The van der Waals surface area contributed by atoms with E-state index in [2.05, 4.69) is 23.6 Å². The molecular weight excluding hydrogens is 435 g/mol. The van der Waals surface area contributed by atoms with E-state index in [1.54, 1.807) is 6.92 Å². The molecule has 8 nitrogen and oxygen atoms in total. The number of esters is 2. The van der Waals surface area contributed by atoms with Crippen molar-refractivity contribution in [1.29, 1.82) is 0 Å². The van der Waals surface area contributed by atoms with Gasteiger partial charge in [-0.25, -0.2) is 4.57 Å². The van der Waals surface area contributed by atoms with E-state index in [1.165, 1.54) is 38.5 Å². The second kappa shape index (κ2) is 20.4. The highest BCUT2D eigenvalue weighted by Gasteiger charge is 2.22. The van der Waals surface area contributed by atoms with Gasteiger partial charge in [0, 0.05) is 12.8 Å². The van der Waals surface area contributed by atoms with Gasteiger partial charge in [-0.3, -0.25) is 14.1 Å². The molecule has 0 aromatic rings. The van der Waals surface area contributed by atoms with Crippen LogP contribution >= 0.6 is 7.82 Å². The summed E-state index contributed by atoms with van der Waals surface area (Å²) in [6.45, 7) is 3.00. The minimum Gasteiger partial charge on any atom is -0.462 e. The lowest BCUT2D eigenvalue weighted by atomic mass is 10.1. The summed E-state index contributed by atoms with van der Waals surface area (Å²) in [5, 5.41) is 0. The number of phosphoric acid groups is 1. The number of unbranched alkanes of at least 4 members (excludes halogenated alkanes) is 10. The van der Waals surface area contributed by atoms with Crippen LogP contribution in [0.1, 0.15) is 104 Å². The van der Waals surface area contributed by atoms with Gasteiger partial charge in [0.25, 0.3) is 0 Å². The zero-order valence-corrected chi connectivity index (χ0v) is 20.7. The van der Waals surface area contributed by atoms with Crippen molar-refractivity contribution in [3.8, 4) is 0 Å². The molecule has 0 bridgehead atoms. The molecule has 0 aliphatic carbocycles. The SMILES string of the molecule is CCCCCCC/C=C\CCCCCCCC(=O)OC(COC(=O)CC)COP(=O)(O)O. The summed E-state index contributed by atoms with van der Waals surface area (Å²) in [6.07, 6.45) is 17.5. The summed E-state index contributed by atoms with van der Waals surface area (Å²) in [6, 6.07) is 0. The van der Waals surface area contributed by atoms with Crippen LogP contribution in [0.25, 0.3) is 0 Å². The van der Waals surface area contributed by atoms with Gasteiger partial charge in [0.15, 0.2) is 6.10 Å². The fraction of sp³-hybridized carbons (Fsp3) is 0.826. The maximum atomic E-state index is 12.0. The summed E-state index contributed by atoms with van der Waals surface area (Å²) in [4.78, 5) is 40.9. The van der Waals surface area contributed by atoms with E-state index in [9.17, 15) is 14.2 Å². The number of phosphoric ester groups is 1. The second-order valence-electron chi connectivity index (χ2n) is 7.92. The van der Waals surface area contributed by atoms with Gasteiger partial charge in [-0.2, -0.15) is 0 Å². The molecule has 1 atom stereocenters. The Morgan fingerprint density at radius 2 is 1.38 bits per heavy atom. The van der Waals surface area contributed by atoms with Crippen LogP contribution in [0.5, 0.6) is 0 Å². The van der Waals surface area contributed by atoms with Crippen molar-refractivity contribution in [2.24, 2.45) is 0 Å². The van der Waals surface area contributed by atoms with Crippen molar-refractivity contribution in [2.75, 3.05) is 13.2 Å². The fourth-order valence-electron chi connectivity index (χ4n) is 2.99. The number of hydrogen-bond acceptors (Lipinski definition) is 6. The van der Waals surface area contributed by atoms with E-state index in [4.69, 9.17) is 19.3 Å². The number of hydrogen-bond donors (Lipinski definition) is 2. The van der Waals surface area contributed by atoms with Crippen molar-refractivity contribution in [3.05, 3.63) is 12.2 Å². The lowest BCUT2D eigenvalue weighted by molar-refractivity contribution is -0.161. The smallest absolute Gasteiger partial charge is 0.462 e. The normalized spacial score (nSPS) is 12.8. The first-order valence-corrected chi connectivity index (χ1v) is 13.5. The molecule has 9 heteroatoms. The molecule has 0 aliphatic rings. The molecule has 2 N–H and O–H groups in total. The highest BCUT2D eigenvalue weighted by molar-refractivity contribution is 7.46. The quantitative estimate of drug-likeness (QED) is 0.0946. The first kappa shape index (κ1) is 30.8. The van der Waals surface area contributed by atoms with Crippen LogP contribution in [0.3, 0.4) is 0 Å². The average molecular weight is 479 g/mol. The Labute approximate surface area is 193 Å². The topological polar surface area (TPSA) is 119 Å². The molecule has 0 aromatic carbocycles. The highest BCUT2D eigenvalue weighted by Crippen LogP contribution is 2.35. The number of rotatable bonds is 21. The molecule has 0 spiro atoms. The molecule has 0 radical (unpaired) electrons. The maximum absolute atomic E-state index is 12.0. The first-order chi connectivity index (χ1) is 15.3. The third kappa shape index (κ3) is 22.0. The summed E-state index contributed by atoms with van der Waals surface area (Å²) in [5.41, 5.74) is 0. The van der Waals surface area contributed by atoms with Crippen molar-refractivity contribution in [2.45, 2.75) is 110 Å². The van der Waals surface area contributed by atoms with Crippen molar-refractivity contribution >= 4 is 19.8 Å². The Bertz CT molecular complexity index is 558. The van der Waals surface area contributed by atoms with Crippen LogP contribution in [-0.2, 0) is 28.2 Å². The van der Waals surface area contributed by atoms with Crippen molar-refractivity contribution < 1.29 is 37.9 Å². The highest BCUT2D eigenvalue weighted by atomic mass is 31.2. The minimum atomic E-state index is -4.71. The van der Waals surface area contributed by atoms with E-state index < -0.39 is 32.5 Å². The van der Waals surface area contributed by atoms with Gasteiger partial charge in [0.1, 0.15) is 6.61 Å². The Balaban J connectivity index is 3.85. The Morgan fingerprint density at radius 1 is 0.812 bits per heavy atom. The largest absolute Gasteiger partial charge is 0.469 e. The summed E-state index contributed by atoms with van der Waals surface area (Å²) < 4.78 is 25.3. The summed E-state index contributed by atoms with van der Waals surface area (Å²) in [5.74, 6) is -0.997. The summed E-state index contributed by atoms with van der Waals surface area (Å²) in [7, 11) is -4.71. The van der Waals surface area contributed by atoms with Gasteiger partial charge in [-0.05, 0) is 32.1 Å². The van der Waals surface area contributed by atoms with Crippen molar-refractivity contribution in [1.82, 2.24) is 0 Å². The molecule has 0 saturated heterocycles. The Morgan fingerprint density at radius 3 is 1.94 bits per heavy atom. The molecule has 1 unspecified atom stereocenters. The number of ether oxygens (including phenoxy) is 2. The van der Waals surface area contributed by atoms with E-state index in [0.29, 0.717) is 6.42 Å². The Kier molecular flexibility index (Phi) is 19.6. The van der Waals surface area contributed by atoms with Crippen LogP contribution in [0.15, 0.2) is 12.2 Å². The van der Waals surface area contributed by atoms with E-state index in [-0.39, 0.29) is 19.4 Å². The van der Waals surface area contributed by atoms with E-state index in [0.717, 1.165) is 32.1 Å². The number of carbonyl (C=O) groups excluding carboxylic acids is 2. The predicted molar refractivity (Wildman–Crippen MR) is 124 cm³/mol. The molecule has 0 aromatic heterocycles. The Hall–Kier alpha value is -1.21. The van der Waals surface area contributed by atoms with Crippen LogP contribution in [0, 0.1) is 0 Å². The lowest BCUT2D eigenvalue weighted by Crippen LogP contribution is -2.29. The van der Waals surface area contributed by atoms with Gasteiger partial charge >= 0.3 is 19.8 Å². The summed E-state index contributed by atoms with van der Waals surface area (Å²) >= 11 is 0. The van der Waals surface area contributed by atoms with E-state index >= 15 is 0 Å². The van der Waals surface area contributed by atoms with Gasteiger partial charge in [-0.15, -0.1) is 0 Å². The fourth-order valence-corrected chi connectivity index (χ4v) is 3.35. The van der Waals surface area contributed by atoms with Crippen LogP contribution in [-0.4, -0.2) is 41.0 Å².